The number of benzene rings is 4. The fourth-order valence-electron chi connectivity index (χ4n) is 5.36. The number of sulfonamides is 1. The Kier molecular flexibility index (Phi) is 7.90. The molecule has 228 valence electrons. The van der Waals surface area contributed by atoms with Crippen molar-refractivity contribution in [2.24, 2.45) is 0 Å². The van der Waals surface area contributed by atoms with Crippen LogP contribution in [0.1, 0.15) is 41.0 Å². The van der Waals surface area contributed by atoms with Gasteiger partial charge in [0, 0.05) is 12.3 Å². The van der Waals surface area contributed by atoms with E-state index in [2.05, 4.69) is 4.72 Å². The first kappa shape index (κ1) is 29.7. The highest BCUT2D eigenvalue weighted by atomic mass is 32.2. The summed E-state index contributed by atoms with van der Waals surface area (Å²) in [7, 11) is -2.46. The van der Waals surface area contributed by atoms with E-state index >= 15 is 0 Å². The number of esters is 1. The molecule has 1 unspecified atom stereocenters. The van der Waals surface area contributed by atoms with Gasteiger partial charge in [0.2, 0.25) is 5.88 Å². The van der Waals surface area contributed by atoms with E-state index in [4.69, 9.17) is 19.0 Å². The summed E-state index contributed by atoms with van der Waals surface area (Å²) in [6, 6.07) is 30.5. The van der Waals surface area contributed by atoms with Crippen LogP contribution >= 0.6 is 0 Å². The van der Waals surface area contributed by atoms with Crippen LogP contribution in [0.4, 0.5) is 5.69 Å². The van der Waals surface area contributed by atoms with Crippen molar-refractivity contribution in [2.45, 2.75) is 31.6 Å². The number of nitrogens with zero attached hydrogens (tertiary/aromatic N) is 2. The Balaban J connectivity index is 1.63. The third-order valence-electron chi connectivity index (χ3n) is 7.49. The maximum absolute atomic E-state index is 13.8. The van der Waals surface area contributed by atoms with Crippen molar-refractivity contribution in [3.63, 3.8) is 0 Å². The number of fused-ring (bicyclic) bond motifs is 1. The SMILES string of the molecule is COc1ccc(C(c2oc3ccccc3c2NS(=O)(=O)c2ccc(C)cc2)c2c(C)nn(-c3ccccc3)c2OC(C)=O)cc1. The van der Waals surface area contributed by atoms with Gasteiger partial charge >= 0.3 is 5.97 Å². The van der Waals surface area contributed by atoms with E-state index in [9.17, 15) is 13.2 Å². The van der Waals surface area contributed by atoms with Crippen LogP contribution in [-0.4, -0.2) is 31.3 Å². The smallest absolute Gasteiger partial charge is 0.309 e. The van der Waals surface area contributed by atoms with Crippen molar-refractivity contribution in [3.8, 4) is 17.3 Å². The molecule has 45 heavy (non-hydrogen) atoms. The molecular weight excluding hydrogens is 590 g/mol. The number of furan rings is 1. The van der Waals surface area contributed by atoms with Crippen LogP contribution in [0.15, 0.2) is 112 Å². The third kappa shape index (κ3) is 5.80. The largest absolute Gasteiger partial charge is 0.497 e. The predicted molar refractivity (Wildman–Crippen MR) is 172 cm³/mol. The molecule has 0 amide bonds. The summed E-state index contributed by atoms with van der Waals surface area (Å²) in [6.45, 7) is 5.03. The van der Waals surface area contributed by atoms with Gasteiger partial charge in [-0.3, -0.25) is 9.52 Å². The lowest BCUT2D eigenvalue weighted by Crippen LogP contribution is -2.16. The van der Waals surface area contributed by atoms with Gasteiger partial charge < -0.3 is 13.9 Å². The van der Waals surface area contributed by atoms with Gasteiger partial charge in [-0.05, 0) is 67.9 Å². The molecule has 0 aliphatic heterocycles. The van der Waals surface area contributed by atoms with Crippen molar-refractivity contribution in [1.29, 1.82) is 0 Å². The highest BCUT2D eigenvalue weighted by Gasteiger charge is 2.35. The highest BCUT2D eigenvalue weighted by Crippen LogP contribution is 2.47. The molecule has 1 atom stereocenters. The zero-order valence-electron chi connectivity index (χ0n) is 25.1. The van der Waals surface area contributed by atoms with Crippen molar-refractivity contribution >= 4 is 32.6 Å². The summed E-state index contributed by atoms with van der Waals surface area (Å²) in [5.74, 6) is -0.155. The molecule has 2 heterocycles. The van der Waals surface area contributed by atoms with E-state index in [1.807, 2.05) is 80.6 Å². The first-order valence-electron chi connectivity index (χ1n) is 14.2. The molecule has 10 heteroatoms. The summed E-state index contributed by atoms with van der Waals surface area (Å²) in [5.41, 5.74) is 4.20. The van der Waals surface area contributed by atoms with Gasteiger partial charge in [0.1, 0.15) is 17.1 Å². The maximum atomic E-state index is 13.8. The fraction of sp³-hybridized carbons (Fsp3) is 0.143. The highest BCUT2D eigenvalue weighted by molar-refractivity contribution is 7.92. The summed E-state index contributed by atoms with van der Waals surface area (Å²) >= 11 is 0. The Morgan fingerprint density at radius 3 is 2.22 bits per heavy atom. The fourth-order valence-corrected chi connectivity index (χ4v) is 6.45. The normalized spacial score (nSPS) is 12.2. The van der Waals surface area contributed by atoms with Gasteiger partial charge in [0.25, 0.3) is 10.0 Å². The molecule has 0 aliphatic carbocycles. The molecule has 1 N–H and O–H groups in total. The van der Waals surface area contributed by atoms with E-state index in [0.717, 1.165) is 11.1 Å². The average molecular weight is 622 g/mol. The minimum absolute atomic E-state index is 0.110. The van der Waals surface area contributed by atoms with E-state index in [1.54, 1.807) is 48.2 Å². The van der Waals surface area contributed by atoms with E-state index in [-0.39, 0.29) is 16.5 Å². The average Bonchev–Trinajstić information content (AvgIpc) is 3.55. The molecule has 2 aromatic heterocycles. The second-order valence-corrected chi connectivity index (χ2v) is 12.3. The van der Waals surface area contributed by atoms with Crippen LogP contribution in [0.3, 0.4) is 0 Å². The van der Waals surface area contributed by atoms with Crippen LogP contribution in [-0.2, 0) is 14.8 Å². The molecule has 0 bridgehead atoms. The van der Waals surface area contributed by atoms with Gasteiger partial charge in [-0.2, -0.15) is 5.10 Å². The number of para-hydroxylation sites is 2. The number of aromatic nitrogens is 2. The summed E-state index contributed by atoms with van der Waals surface area (Å²) in [4.78, 5) is 12.6. The number of ether oxygens (including phenoxy) is 2. The Morgan fingerprint density at radius 2 is 1.56 bits per heavy atom. The minimum atomic E-state index is -4.04. The van der Waals surface area contributed by atoms with Gasteiger partial charge in [-0.15, -0.1) is 0 Å². The molecule has 9 nitrogen and oxygen atoms in total. The lowest BCUT2D eigenvalue weighted by molar-refractivity contribution is -0.132. The van der Waals surface area contributed by atoms with E-state index < -0.39 is 21.9 Å². The lowest BCUT2D eigenvalue weighted by atomic mass is 9.88. The number of nitrogens with one attached hydrogen (secondary N) is 1. The van der Waals surface area contributed by atoms with Crippen LogP contribution < -0.4 is 14.2 Å². The third-order valence-corrected chi connectivity index (χ3v) is 8.86. The number of carbonyl (C=O) groups is 1. The number of hydrogen-bond donors (Lipinski definition) is 1. The number of methoxy groups -OCH3 is 1. The summed E-state index contributed by atoms with van der Waals surface area (Å²) in [5, 5.41) is 5.36. The van der Waals surface area contributed by atoms with Crippen molar-refractivity contribution in [1.82, 2.24) is 9.78 Å². The van der Waals surface area contributed by atoms with E-state index in [1.165, 1.54) is 6.92 Å². The number of aryl methyl sites for hydroxylation is 2. The molecule has 0 fully saturated rings. The first-order chi connectivity index (χ1) is 21.7. The maximum Gasteiger partial charge on any atom is 0.309 e. The quantitative estimate of drug-likeness (QED) is 0.171. The van der Waals surface area contributed by atoms with E-state index in [0.29, 0.717) is 39.4 Å². The van der Waals surface area contributed by atoms with Crippen LogP contribution in [0.25, 0.3) is 16.7 Å². The van der Waals surface area contributed by atoms with Crippen molar-refractivity contribution in [2.75, 3.05) is 11.8 Å². The molecule has 4 aromatic carbocycles. The summed E-state index contributed by atoms with van der Waals surface area (Å²) < 4.78 is 49.8. The van der Waals surface area contributed by atoms with Crippen molar-refractivity contribution in [3.05, 3.63) is 131 Å². The predicted octanol–water partition coefficient (Wildman–Crippen LogP) is 7.15. The molecular formula is C35H31N3O6S. The minimum Gasteiger partial charge on any atom is -0.497 e. The monoisotopic (exact) mass is 621 g/mol. The van der Waals surface area contributed by atoms with Gasteiger partial charge in [-0.1, -0.05) is 60.2 Å². The van der Waals surface area contributed by atoms with Crippen molar-refractivity contribution < 1.29 is 27.1 Å². The topological polar surface area (TPSA) is 113 Å². The lowest BCUT2D eigenvalue weighted by Gasteiger charge is -2.20. The Morgan fingerprint density at radius 1 is 0.889 bits per heavy atom. The van der Waals surface area contributed by atoms with Gasteiger partial charge in [0.05, 0.1) is 40.6 Å². The zero-order valence-corrected chi connectivity index (χ0v) is 26.0. The molecule has 0 saturated carbocycles. The second-order valence-electron chi connectivity index (χ2n) is 10.6. The molecule has 0 spiro atoms. The standard InChI is InChI=1S/C35H31N3O6S/c1-22-14-20-28(21-15-22)45(40,41)37-33-29-12-8-9-13-30(29)44-34(33)32(25-16-18-27(42-4)19-17-25)31-23(2)36-38(35(31)43-24(3)39)26-10-6-5-7-11-26/h5-21,32,37H,1-4H3. The Hall–Kier alpha value is -5.35. The van der Waals surface area contributed by atoms with Crippen LogP contribution in [0.5, 0.6) is 11.6 Å². The van der Waals surface area contributed by atoms with Gasteiger partial charge in [-0.25, -0.2) is 13.1 Å². The Bertz CT molecular complexity index is 2100. The molecule has 0 saturated heterocycles. The zero-order chi connectivity index (χ0) is 31.7. The summed E-state index contributed by atoms with van der Waals surface area (Å²) in [6.07, 6.45) is 0. The Labute approximate surface area is 261 Å². The van der Waals surface area contributed by atoms with Crippen LogP contribution in [0.2, 0.25) is 0 Å². The van der Waals surface area contributed by atoms with Crippen LogP contribution in [0, 0.1) is 13.8 Å². The molecule has 0 aliphatic rings. The molecule has 0 radical (unpaired) electrons. The molecule has 6 aromatic rings. The number of rotatable bonds is 9. The first-order valence-corrected chi connectivity index (χ1v) is 15.7. The number of hydrogen-bond acceptors (Lipinski definition) is 7. The van der Waals surface area contributed by atoms with Gasteiger partial charge in [0.15, 0.2) is 0 Å². The molecule has 6 rings (SSSR count). The number of carbonyl (C=O) groups excluding carboxylic acids is 1. The number of anilines is 1. The second kappa shape index (κ2) is 12.0.